The number of primary amides is 1. The van der Waals surface area contributed by atoms with Crippen LogP contribution in [0.5, 0.6) is 0 Å². The van der Waals surface area contributed by atoms with E-state index >= 15 is 0 Å². The molecule has 1 aromatic heterocycles. The molecule has 2 aromatic rings. The first-order valence-corrected chi connectivity index (χ1v) is 11.9. The Hall–Kier alpha value is -3.53. The van der Waals surface area contributed by atoms with Crippen molar-refractivity contribution in [2.24, 2.45) is 5.73 Å². The molecule has 4 rings (SSSR count). The molecule has 0 saturated carbocycles. The van der Waals surface area contributed by atoms with E-state index in [0.29, 0.717) is 21.7 Å². The zero-order valence-corrected chi connectivity index (χ0v) is 19.6. The van der Waals surface area contributed by atoms with Gasteiger partial charge in [-0.05, 0) is 56.7 Å². The van der Waals surface area contributed by atoms with Crippen LogP contribution in [0.4, 0.5) is 5.00 Å². The molecule has 1 aliphatic carbocycles. The quantitative estimate of drug-likeness (QED) is 0.438. The number of nitrogens with two attached hydrogens (primary N) is 1. The van der Waals surface area contributed by atoms with Crippen molar-refractivity contribution in [2.45, 2.75) is 45.4 Å². The number of ether oxygens (including phenoxy) is 1. The highest BCUT2D eigenvalue weighted by molar-refractivity contribution is 7.17. The van der Waals surface area contributed by atoms with Crippen molar-refractivity contribution in [2.75, 3.05) is 18.5 Å². The summed E-state index contributed by atoms with van der Waals surface area (Å²) >= 11 is 1.33. The normalized spacial score (nSPS) is 14.6. The average molecular weight is 484 g/mol. The van der Waals surface area contributed by atoms with Crippen LogP contribution in [0, 0.1) is 6.92 Å². The second-order valence-corrected chi connectivity index (χ2v) is 9.51. The summed E-state index contributed by atoms with van der Waals surface area (Å²) in [5.74, 6) is -2.53. The van der Waals surface area contributed by atoms with E-state index in [9.17, 15) is 24.0 Å². The van der Waals surface area contributed by atoms with Gasteiger partial charge in [0.2, 0.25) is 0 Å². The monoisotopic (exact) mass is 483 g/mol. The van der Waals surface area contributed by atoms with Crippen LogP contribution in [-0.4, -0.2) is 47.6 Å². The van der Waals surface area contributed by atoms with Gasteiger partial charge in [-0.2, -0.15) is 0 Å². The largest absolute Gasteiger partial charge is 0.456 e. The molecule has 10 heteroatoms. The minimum Gasteiger partial charge on any atom is -0.456 e. The van der Waals surface area contributed by atoms with E-state index in [1.54, 1.807) is 18.2 Å². The number of benzene rings is 1. The number of esters is 1. The maximum absolute atomic E-state index is 12.5. The molecule has 2 aliphatic rings. The molecule has 3 N–H and O–H groups in total. The molecular formula is C24H25N3O6S. The first-order valence-electron chi connectivity index (χ1n) is 11.1. The third-order valence-electron chi connectivity index (χ3n) is 5.92. The zero-order chi connectivity index (χ0) is 24.4. The summed E-state index contributed by atoms with van der Waals surface area (Å²) in [6.07, 6.45) is 3.75. The van der Waals surface area contributed by atoms with Crippen LogP contribution in [0.25, 0.3) is 0 Å². The van der Waals surface area contributed by atoms with E-state index in [2.05, 4.69) is 5.32 Å². The van der Waals surface area contributed by atoms with Gasteiger partial charge < -0.3 is 15.8 Å². The molecule has 4 amide bonds. The van der Waals surface area contributed by atoms with Gasteiger partial charge in [-0.1, -0.05) is 11.6 Å². The number of carbonyl (C=O) groups excluding carboxylic acids is 5. The Bertz CT molecular complexity index is 1200. The number of fused-ring (bicyclic) bond motifs is 2. The van der Waals surface area contributed by atoms with Crippen LogP contribution in [0.2, 0.25) is 0 Å². The van der Waals surface area contributed by atoms with Crippen LogP contribution >= 0.6 is 11.3 Å². The van der Waals surface area contributed by atoms with Crippen LogP contribution < -0.4 is 11.1 Å². The summed E-state index contributed by atoms with van der Waals surface area (Å²) < 4.78 is 5.02. The average Bonchev–Trinajstić information content (AvgIpc) is 3.27. The minimum atomic E-state index is -0.622. The number of nitrogens with one attached hydrogen (secondary N) is 1. The third kappa shape index (κ3) is 4.72. The molecule has 0 saturated heterocycles. The number of nitrogens with zero attached hydrogens (tertiary/aromatic N) is 1. The van der Waals surface area contributed by atoms with Crippen LogP contribution in [-0.2, 0) is 27.2 Å². The van der Waals surface area contributed by atoms with Gasteiger partial charge in [-0.3, -0.25) is 28.9 Å². The maximum Gasteiger partial charge on any atom is 0.306 e. The summed E-state index contributed by atoms with van der Waals surface area (Å²) in [4.78, 5) is 63.4. The minimum absolute atomic E-state index is 0.0560. The van der Waals surface area contributed by atoms with Gasteiger partial charge in [0.05, 0.1) is 16.7 Å². The predicted molar refractivity (Wildman–Crippen MR) is 125 cm³/mol. The topological polar surface area (TPSA) is 136 Å². The number of hydrogen-bond acceptors (Lipinski definition) is 7. The molecule has 34 heavy (non-hydrogen) atoms. The highest BCUT2D eigenvalue weighted by Gasteiger charge is 2.35. The van der Waals surface area contributed by atoms with Gasteiger partial charge in [0.1, 0.15) is 5.00 Å². The molecule has 0 radical (unpaired) electrons. The number of hydrogen-bond donors (Lipinski definition) is 2. The Morgan fingerprint density at radius 3 is 2.62 bits per heavy atom. The van der Waals surface area contributed by atoms with Gasteiger partial charge in [0.15, 0.2) is 6.61 Å². The van der Waals surface area contributed by atoms with Crippen molar-refractivity contribution in [3.63, 3.8) is 0 Å². The number of imide groups is 1. The maximum atomic E-state index is 12.5. The van der Waals surface area contributed by atoms with Gasteiger partial charge in [-0.15, -0.1) is 11.3 Å². The smallest absolute Gasteiger partial charge is 0.306 e. The molecule has 0 atom stereocenters. The Labute approximate surface area is 200 Å². The molecular weight excluding hydrogens is 458 g/mol. The summed E-state index contributed by atoms with van der Waals surface area (Å²) in [5, 5.41) is 3.03. The van der Waals surface area contributed by atoms with Crippen molar-refractivity contribution in [1.29, 1.82) is 0 Å². The lowest BCUT2D eigenvalue weighted by Gasteiger charge is -2.13. The van der Waals surface area contributed by atoms with Crippen LogP contribution in [0.1, 0.15) is 72.8 Å². The summed E-state index contributed by atoms with van der Waals surface area (Å²) in [6, 6.07) is 5.08. The van der Waals surface area contributed by atoms with E-state index in [1.165, 1.54) is 11.3 Å². The summed E-state index contributed by atoms with van der Waals surface area (Å²) in [5.41, 5.74) is 8.38. The highest BCUT2D eigenvalue weighted by atomic mass is 32.1. The third-order valence-corrected chi connectivity index (χ3v) is 7.13. The van der Waals surface area contributed by atoms with E-state index in [0.717, 1.165) is 46.6 Å². The van der Waals surface area contributed by atoms with Crippen molar-refractivity contribution < 1.29 is 28.7 Å². The van der Waals surface area contributed by atoms with Gasteiger partial charge in [-0.25, -0.2) is 0 Å². The van der Waals surface area contributed by atoms with Crippen molar-refractivity contribution in [3.8, 4) is 0 Å². The number of rotatable bonds is 8. The number of amides is 4. The van der Waals surface area contributed by atoms with E-state index < -0.39 is 24.4 Å². The summed E-state index contributed by atoms with van der Waals surface area (Å²) in [6.45, 7) is 1.41. The second kappa shape index (κ2) is 9.76. The van der Waals surface area contributed by atoms with E-state index in [4.69, 9.17) is 10.5 Å². The lowest BCUT2D eigenvalue weighted by atomic mass is 9.95. The lowest BCUT2D eigenvalue weighted by molar-refractivity contribution is -0.147. The zero-order valence-electron chi connectivity index (χ0n) is 18.8. The summed E-state index contributed by atoms with van der Waals surface area (Å²) in [7, 11) is 0. The highest BCUT2D eigenvalue weighted by Crippen LogP contribution is 2.37. The standard InChI is InChI=1S/C24H25N3O6S/c1-13-8-9-14-16(11-13)24(32)27(23(14)31)10-4-7-19(29)33-12-18(28)26-22-20(21(25)30)15-5-2-3-6-17(15)34-22/h8-9,11H,2-7,10,12H2,1H3,(H2,25,30)(H,26,28). The number of aryl methyl sites for hydroxylation is 2. The molecule has 0 unspecified atom stereocenters. The Kier molecular flexibility index (Phi) is 6.78. The molecule has 9 nitrogen and oxygen atoms in total. The molecule has 1 aromatic carbocycles. The number of carbonyl (C=O) groups is 5. The predicted octanol–water partition coefficient (Wildman–Crippen LogP) is 2.59. The molecule has 0 fully saturated rings. The van der Waals surface area contributed by atoms with Gasteiger partial charge in [0.25, 0.3) is 23.6 Å². The van der Waals surface area contributed by atoms with Gasteiger partial charge in [0, 0.05) is 17.8 Å². The van der Waals surface area contributed by atoms with Crippen LogP contribution in [0.15, 0.2) is 18.2 Å². The lowest BCUT2D eigenvalue weighted by Crippen LogP contribution is -2.31. The first-order chi connectivity index (χ1) is 16.3. The first kappa shape index (κ1) is 23.6. The Morgan fingerprint density at radius 1 is 1.12 bits per heavy atom. The van der Waals surface area contributed by atoms with E-state index in [1.807, 2.05) is 6.92 Å². The number of anilines is 1. The van der Waals surface area contributed by atoms with Crippen molar-refractivity contribution in [3.05, 3.63) is 50.9 Å². The fourth-order valence-corrected chi connectivity index (χ4v) is 5.60. The number of thiophene rings is 1. The van der Waals surface area contributed by atoms with Crippen molar-refractivity contribution >= 4 is 45.9 Å². The Morgan fingerprint density at radius 2 is 1.85 bits per heavy atom. The fraction of sp³-hybridized carbons (Fsp3) is 0.375. The Balaban J connectivity index is 1.25. The molecule has 178 valence electrons. The molecule has 0 bridgehead atoms. The van der Waals surface area contributed by atoms with Crippen LogP contribution in [0.3, 0.4) is 0 Å². The fourth-order valence-electron chi connectivity index (χ4n) is 4.28. The second-order valence-electron chi connectivity index (χ2n) is 8.40. The van der Waals surface area contributed by atoms with Crippen molar-refractivity contribution in [1.82, 2.24) is 4.90 Å². The molecule has 2 heterocycles. The van der Waals surface area contributed by atoms with Gasteiger partial charge >= 0.3 is 5.97 Å². The SMILES string of the molecule is Cc1ccc2c(c1)C(=O)N(CCCC(=O)OCC(=O)Nc1sc3c(c1C(N)=O)CCCC3)C2=O. The van der Waals surface area contributed by atoms with E-state index in [-0.39, 0.29) is 31.2 Å². The molecule has 1 aliphatic heterocycles. The molecule has 0 spiro atoms.